The van der Waals surface area contributed by atoms with Crippen molar-refractivity contribution in [2.24, 2.45) is 0 Å². The van der Waals surface area contributed by atoms with Crippen molar-refractivity contribution in [1.82, 2.24) is 29.9 Å². The van der Waals surface area contributed by atoms with Gasteiger partial charge in [-0.25, -0.2) is 19.5 Å². The molecule has 29 heavy (non-hydrogen) atoms. The number of H-pyrrole nitrogens is 3. The second-order valence-electron chi connectivity index (χ2n) is 6.11. The fourth-order valence-electron chi connectivity index (χ4n) is 1.94. The normalized spacial score (nSPS) is 10.1. The highest BCUT2D eigenvalue weighted by atomic mass is 31.2. The number of aryl methyl sites for hydroxylation is 6. The molecule has 6 N–H and O–H groups in total. The minimum atomic E-state index is -4.64. The quantitative estimate of drug-likeness (QED) is 0.349. The highest BCUT2D eigenvalue weighted by Gasteiger charge is 2.00. The van der Waals surface area contributed by atoms with Crippen molar-refractivity contribution in [2.45, 2.75) is 60.8 Å². The zero-order valence-corrected chi connectivity index (χ0v) is 18.8. The SMILES string of the molecule is CCc1ncc(C)[nH]1.CCc1ncc(C)[nH]1.CCc1ncc(C)[nH]1.O=P(O)(O)O. The fourth-order valence-corrected chi connectivity index (χ4v) is 1.94. The van der Waals surface area contributed by atoms with Crippen molar-refractivity contribution in [3.63, 3.8) is 0 Å². The van der Waals surface area contributed by atoms with E-state index in [2.05, 4.69) is 50.7 Å². The maximum atomic E-state index is 8.88. The van der Waals surface area contributed by atoms with Crippen LogP contribution in [0.5, 0.6) is 0 Å². The van der Waals surface area contributed by atoms with Gasteiger partial charge in [0.2, 0.25) is 0 Å². The second kappa shape index (κ2) is 13.8. The summed E-state index contributed by atoms with van der Waals surface area (Å²) < 4.78 is 8.88. The molecule has 0 bridgehead atoms. The van der Waals surface area contributed by atoms with Gasteiger partial charge in [0.15, 0.2) is 0 Å². The van der Waals surface area contributed by atoms with E-state index < -0.39 is 7.82 Å². The number of nitrogens with one attached hydrogen (secondary N) is 3. The summed E-state index contributed by atoms with van der Waals surface area (Å²) in [5, 5.41) is 0. The minimum absolute atomic E-state index is 0.994. The third-order valence-corrected chi connectivity index (χ3v) is 3.27. The first-order chi connectivity index (χ1) is 13.5. The summed E-state index contributed by atoms with van der Waals surface area (Å²) >= 11 is 0. The molecule has 0 amide bonds. The summed E-state index contributed by atoms with van der Waals surface area (Å²) in [5.74, 6) is 3.22. The van der Waals surface area contributed by atoms with Crippen LogP contribution in [0.2, 0.25) is 0 Å². The topological polar surface area (TPSA) is 164 Å². The predicted molar refractivity (Wildman–Crippen MR) is 112 cm³/mol. The number of aromatic amines is 3. The zero-order valence-electron chi connectivity index (χ0n) is 17.9. The van der Waals surface area contributed by atoms with Crippen LogP contribution >= 0.6 is 7.82 Å². The first kappa shape index (κ1) is 26.7. The van der Waals surface area contributed by atoms with Crippen molar-refractivity contribution in [3.05, 3.63) is 53.1 Å². The Morgan fingerprint density at radius 1 is 0.690 bits per heavy atom. The number of hydrogen-bond donors (Lipinski definition) is 6. The van der Waals surface area contributed by atoms with E-state index in [4.69, 9.17) is 19.2 Å². The van der Waals surface area contributed by atoms with Gasteiger partial charge in [0.1, 0.15) is 17.5 Å². The third kappa shape index (κ3) is 15.4. The van der Waals surface area contributed by atoms with E-state index in [1.807, 2.05) is 39.4 Å². The van der Waals surface area contributed by atoms with E-state index in [0.29, 0.717) is 0 Å². The average molecular weight is 428 g/mol. The van der Waals surface area contributed by atoms with E-state index in [9.17, 15) is 0 Å². The van der Waals surface area contributed by atoms with Gasteiger partial charge in [-0.15, -0.1) is 0 Å². The maximum Gasteiger partial charge on any atom is 0.466 e. The van der Waals surface area contributed by atoms with Crippen molar-refractivity contribution in [3.8, 4) is 0 Å². The number of aromatic nitrogens is 6. The Hall–Kier alpha value is -2.26. The predicted octanol–water partition coefficient (Wildman–Crippen LogP) is 2.91. The number of rotatable bonds is 3. The van der Waals surface area contributed by atoms with Crippen molar-refractivity contribution < 1.29 is 19.2 Å². The highest BCUT2D eigenvalue weighted by molar-refractivity contribution is 7.45. The largest absolute Gasteiger partial charge is 0.466 e. The number of imidazole rings is 3. The minimum Gasteiger partial charge on any atom is -0.346 e. The molecule has 0 unspecified atom stereocenters. The summed E-state index contributed by atoms with van der Waals surface area (Å²) in [6.07, 6.45) is 8.52. The molecule has 0 fully saturated rings. The van der Waals surface area contributed by atoms with Gasteiger partial charge >= 0.3 is 7.82 Å². The molecular formula is C18H33N6O4P. The molecule has 11 heteroatoms. The average Bonchev–Trinajstić information content (AvgIpc) is 3.35. The summed E-state index contributed by atoms with van der Waals surface area (Å²) in [6.45, 7) is 12.3. The van der Waals surface area contributed by atoms with Gasteiger partial charge in [-0.05, 0) is 20.8 Å². The molecule has 0 saturated carbocycles. The molecule has 3 aromatic rings. The molecular weight excluding hydrogens is 395 g/mol. The van der Waals surface area contributed by atoms with Crippen LogP contribution in [-0.4, -0.2) is 44.6 Å². The molecule has 0 spiro atoms. The van der Waals surface area contributed by atoms with Crippen LogP contribution in [0.3, 0.4) is 0 Å². The van der Waals surface area contributed by atoms with Crippen LogP contribution in [0.25, 0.3) is 0 Å². The smallest absolute Gasteiger partial charge is 0.346 e. The summed E-state index contributed by atoms with van der Waals surface area (Å²) in [6, 6.07) is 0. The number of nitrogens with zero attached hydrogens (tertiary/aromatic N) is 3. The Balaban J connectivity index is 0.000000367. The Bertz CT molecular complexity index is 748. The van der Waals surface area contributed by atoms with Crippen LogP contribution in [0.1, 0.15) is 55.3 Å². The first-order valence-corrected chi connectivity index (χ1v) is 10.8. The van der Waals surface area contributed by atoms with Gasteiger partial charge in [0.05, 0.1) is 0 Å². The molecule has 0 saturated heterocycles. The van der Waals surface area contributed by atoms with Gasteiger partial charge in [0.25, 0.3) is 0 Å². The molecule has 3 heterocycles. The molecule has 0 atom stereocenters. The summed E-state index contributed by atoms with van der Waals surface area (Å²) in [7, 11) is -4.64. The Labute approximate surface area is 171 Å². The van der Waals surface area contributed by atoms with E-state index in [0.717, 1.165) is 53.8 Å². The molecule has 10 nitrogen and oxygen atoms in total. The molecule has 0 aliphatic carbocycles. The van der Waals surface area contributed by atoms with Crippen LogP contribution in [0.15, 0.2) is 18.6 Å². The van der Waals surface area contributed by atoms with Crippen LogP contribution in [0, 0.1) is 20.8 Å². The standard InChI is InChI=1S/3C6H10N2.H3O4P/c3*1-3-6-7-4-5(2)8-6;1-5(2,3)4/h3*4H,3H2,1-2H3,(H,7,8);(H3,1,2,3,4). The molecule has 0 aromatic carbocycles. The molecule has 3 rings (SSSR count). The van der Waals surface area contributed by atoms with Gasteiger partial charge in [-0.1, -0.05) is 20.8 Å². The Kier molecular flexibility index (Phi) is 12.8. The fraction of sp³-hybridized carbons (Fsp3) is 0.500. The number of hydrogen-bond acceptors (Lipinski definition) is 4. The monoisotopic (exact) mass is 428 g/mol. The van der Waals surface area contributed by atoms with E-state index in [1.54, 1.807) is 0 Å². The highest BCUT2D eigenvalue weighted by Crippen LogP contribution is 2.25. The van der Waals surface area contributed by atoms with E-state index in [1.165, 1.54) is 0 Å². The van der Waals surface area contributed by atoms with Crippen molar-refractivity contribution in [1.29, 1.82) is 0 Å². The molecule has 0 aliphatic rings. The summed E-state index contributed by atoms with van der Waals surface area (Å²) in [4.78, 5) is 43.1. The molecule has 0 radical (unpaired) electrons. The lowest BCUT2D eigenvalue weighted by atomic mass is 10.5. The van der Waals surface area contributed by atoms with Crippen LogP contribution in [-0.2, 0) is 23.8 Å². The van der Waals surface area contributed by atoms with E-state index >= 15 is 0 Å². The van der Waals surface area contributed by atoms with Crippen LogP contribution < -0.4 is 0 Å². The lowest BCUT2D eigenvalue weighted by Gasteiger charge is -1.82. The summed E-state index contributed by atoms with van der Waals surface area (Å²) in [5.41, 5.74) is 3.42. The zero-order chi connectivity index (χ0) is 22.4. The Morgan fingerprint density at radius 2 is 0.897 bits per heavy atom. The lowest BCUT2D eigenvalue weighted by molar-refractivity contribution is 0.275. The lowest BCUT2D eigenvalue weighted by Crippen LogP contribution is -1.80. The van der Waals surface area contributed by atoms with Gasteiger partial charge in [0, 0.05) is 54.9 Å². The van der Waals surface area contributed by atoms with Gasteiger partial charge in [-0.3, -0.25) is 0 Å². The Morgan fingerprint density at radius 3 is 0.966 bits per heavy atom. The number of phosphoric acid groups is 1. The first-order valence-electron chi connectivity index (χ1n) is 9.28. The van der Waals surface area contributed by atoms with Gasteiger partial charge < -0.3 is 29.6 Å². The van der Waals surface area contributed by atoms with E-state index in [-0.39, 0.29) is 0 Å². The second-order valence-corrected chi connectivity index (χ2v) is 7.14. The molecule has 164 valence electrons. The molecule has 0 aliphatic heterocycles. The van der Waals surface area contributed by atoms with Gasteiger partial charge in [-0.2, -0.15) is 0 Å². The van der Waals surface area contributed by atoms with Crippen LogP contribution in [0.4, 0.5) is 0 Å². The molecule has 3 aromatic heterocycles. The third-order valence-electron chi connectivity index (χ3n) is 3.27. The maximum absolute atomic E-state index is 8.88. The van der Waals surface area contributed by atoms with Crippen molar-refractivity contribution in [2.75, 3.05) is 0 Å². The van der Waals surface area contributed by atoms with Crippen molar-refractivity contribution >= 4 is 7.82 Å².